The van der Waals surface area contributed by atoms with E-state index in [-0.39, 0.29) is 24.2 Å². The van der Waals surface area contributed by atoms with Gasteiger partial charge < -0.3 is 10.1 Å². The van der Waals surface area contributed by atoms with Gasteiger partial charge in [0.05, 0.1) is 12.2 Å². The summed E-state index contributed by atoms with van der Waals surface area (Å²) >= 11 is 0. The number of carbonyl (C=O) groups is 2. The molecule has 0 bridgehead atoms. The molecule has 0 aromatic carbocycles. The Labute approximate surface area is 155 Å². The van der Waals surface area contributed by atoms with Crippen LogP contribution in [0.15, 0.2) is 18.3 Å². The first kappa shape index (κ1) is 19.1. The lowest BCUT2D eigenvalue weighted by molar-refractivity contribution is -0.137. The molecule has 1 saturated carbocycles. The molecule has 1 aliphatic heterocycles. The van der Waals surface area contributed by atoms with Crippen molar-refractivity contribution in [3.8, 4) is 0 Å². The van der Waals surface area contributed by atoms with E-state index < -0.39 is 11.9 Å². The van der Waals surface area contributed by atoms with Crippen LogP contribution in [0.1, 0.15) is 62.9 Å². The molecule has 0 radical (unpaired) electrons. The van der Waals surface area contributed by atoms with Crippen molar-refractivity contribution in [2.75, 3.05) is 13.6 Å². The molecule has 144 valence electrons. The Hall–Kier alpha value is -1.66. The number of nitrogens with one attached hydrogen (secondary N) is 1. The van der Waals surface area contributed by atoms with E-state index in [0.29, 0.717) is 11.6 Å². The first-order chi connectivity index (χ1) is 12.4. The average Bonchev–Trinajstić information content (AvgIpc) is 3.24. The van der Waals surface area contributed by atoms with Crippen molar-refractivity contribution >= 4 is 11.7 Å². The molecule has 1 aromatic rings. The second kappa shape index (κ2) is 7.53. The number of aliphatic hydroxyl groups is 1. The van der Waals surface area contributed by atoms with Crippen molar-refractivity contribution in [1.29, 1.82) is 0 Å². The predicted octanol–water partition coefficient (Wildman–Crippen LogP) is 2.61. The summed E-state index contributed by atoms with van der Waals surface area (Å²) in [6, 6.07) is 3.44. The van der Waals surface area contributed by atoms with Crippen LogP contribution in [0.2, 0.25) is 0 Å². The number of aliphatic hydroxyl groups excluding tert-OH is 1. The van der Waals surface area contributed by atoms with Gasteiger partial charge >= 0.3 is 0 Å². The van der Waals surface area contributed by atoms with Crippen LogP contribution in [0.3, 0.4) is 0 Å². The number of ketones is 1. The van der Waals surface area contributed by atoms with E-state index in [1.807, 2.05) is 6.92 Å². The fourth-order valence-corrected chi connectivity index (χ4v) is 5.04. The number of likely N-dealkylation sites (N-methyl/N-ethyl adjacent to an activating group) is 1. The maximum absolute atomic E-state index is 13.4. The number of rotatable bonds is 6. The van der Waals surface area contributed by atoms with E-state index >= 15 is 0 Å². The third kappa shape index (κ3) is 3.09. The number of Topliss-reactive ketones (excluding diaryl/α,β-unsaturated/α-hetero) is 1. The summed E-state index contributed by atoms with van der Waals surface area (Å²) in [4.78, 5) is 31.8. The predicted molar refractivity (Wildman–Crippen MR) is 99.4 cm³/mol. The normalized spacial score (nSPS) is 29.3. The van der Waals surface area contributed by atoms with E-state index in [0.717, 1.165) is 19.3 Å². The van der Waals surface area contributed by atoms with Crippen LogP contribution in [0, 0.1) is 11.8 Å². The number of nitrogens with zero attached hydrogens (tertiary/aromatic N) is 2. The third-order valence-corrected chi connectivity index (χ3v) is 6.64. The summed E-state index contributed by atoms with van der Waals surface area (Å²) in [6.07, 6.45) is 7.50. The van der Waals surface area contributed by atoms with E-state index in [2.05, 4.69) is 11.9 Å². The molecule has 2 aliphatic rings. The van der Waals surface area contributed by atoms with Crippen LogP contribution in [0.4, 0.5) is 0 Å². The molecule has 3 atom stereocenters. The minimum absolute atomic E-state index is 0.110. The molecule has 0 spiro atoms. The first-order valence-corrected chi connectivity index (χ1v) is 9.79. The highest BCUT2D eigenvalue weighted by molar-refractivity contribution is 5.99. The van der Waals surface area contributed by atoms with Gasteiger partial charge in [0.25, 0.3) is 0 Å². The van der Waals surface area contributed by atoms with E-state index in [9.17, 15) is 14.7 Å². The fraction of sp³-hybridized carbons (Fsp3) is 0.700. The summed E-state index contributed by atoms with van der Waals surface area (Å²) in [5, 5.41) is 10.7. The fourth-order valence-electron chi connectivity index (χ4n) is 5.04. The summed E-state index contributed by atoms with van der Waals surface area (Å²) in [5.74, 6) is 0.354. The molecule has 6 heteroatoms. The van der Waals surface area contributed by atoms with E-state index in [1.165, 1.54) is 24.2 Å². The smallest absolute Gasteiger partial charge is 0.246 e. The van der Waals surface area contributed by atoms with Gasteiger partial charge in [-0.25, -0.2) is 4.90 Å². The SMILES string of the molecule is CCC(C1CCCCC1)C1(C)C(=O)N(CC(=O)c2ccc[nH]2)C(O)N1C. The topological polar surface area (TPSA) is 76.6 Å². The van der Waals surface area contributed by atoms with Gasteiger partial charge in [-0.15, -0.1) is 0 Å². The lowest BCUT2D eigenvalue weighted by atomic mass is 9.69. The summed E-state index contributed by atoms with van der Waals surface area (Å²) in [7, 11) is 1.80. The van der Waals surface area contributed by atoms with Gasteiger partial charge in [-0.3, -0.25) is 14.5 Å². The number of hydrogen-bond donors (Lipinski definition) is 2. The number of H-pyrrole nitrogens is 1. The Morgan fingerprint density at radius 2 is 2.08 bits per heavy atom. The monoisotopic (exact) mass is 361 g/mol. The zero-order chi connectivity index (χ0) is 18.9. The van der Waals surface area contributed by atoms with Crippen molar-refractivity contribution in [1.82, 2.24) is 14.8 Å². The number of amides is 1. The second-order valence-electron chi connectivity index (χ2n) is 7.96. The average molecular weight is 361 g/mol. The standard InChI is InChI=1S/C20H31N3O3/c1-4-15(14-9-6-5-7-10-14)20(2)18(25)23(19(26)22(20)3)13-17(24)16-11-8-12-21-16/h8,11-12,14-15,19,21,26H,4-7,9-10,13H2,1-3H3. The van der Waals surface area contributed by atoms with Crippen molar-refractivity contribution in [2.45, 2.75) is 64.3 Å². The Kier molecular flexibility index (Phi) is 5.53. The molecule has 2 fully saturated rings. The maximum Gasteiger partial charge on any atom is 0.246 e. The molecule has 3 unspecified atom stereocenters. The number of aromatic amines is 1. The van der Waals surface area contributed by atoms with Gasteiger partial charge in [0.1, 0.15) is 5.54 Å². The zero-order valence-corrected chi connectivity index (χ0v) is 16.1. The highest BCUT2D eigenvalue weighted by Gasteiger charge is 2.57. The highest BCUT2D eigenvalue weighted by atomic mass is 16.3. The largest absolute Gasteiger partial charge is 0.361 e. The Balaban J connectivity index is 1.83. The number of carbonyl (C=O) groups excluding carboxylic acids is 2. The summed E-state index contributed by atoms with van der Waals surface area (Å²) < 4.78 is 0. The molecular formula is C20H31N3O3. The van der Waals surface area contributed by atoms with Crippen LogP contribution >= 0.6 is 0 Å². The van der Waals surface area contributed by atoms with Crippen molar-refractivity contribution in [3.63, 3.8) is 0 Å². The minimum Gasteiger partial charge on any atom is -0.361 e. The van der Waals surface area contributed by atoms with Gasteiger partial charge in [0, 0.05) is 6.20 Å². The second-order valence-corrected chi connectivity index (χ2v) is 7.96. The Morgan fingerprint density at radius 1 is 1.38 bits per heavy atom. The maximum atomic E-state index is 13.4. The van der Waals surface area contributed by atoms with Crippen LogP contribution < -0.4 is 0 Å². The molecule has 1 aromatic heterocycles. The number of hydrogen-bond acceptors (Lipinski definition) is 4. The molecule has 26 heavy (non-hydrogen) atoms. The number of aromatic nitrogens is 1. The summed E-state index contributed by atoms with van der Waals surface area (Å²) in [6.45, 7) is 3.97. The molecule has 6 nitrogen and oxygen atoms in total. The van der Waals surface area contributed by atoms with E-state index in [1.54, 1.807) is 30.3 Å². The minimum atomic E-state index is -1.07. The quantitative estimate of drug-likeness (QED) is 0.764. The molecule has 2 N–H and O–H groups in total. The van der Waals surface area contributed by atoms with Gasteiger partial charge in [0.2, 0.25) is 5.91 Å². The van der Waals surface area contributed by atoms with Crippen LogP contribution in [-0.2, 0) is 4.79 Å². The third-order valence-electron chi connectivity index (χ3n) is 6.64. The van der Waals surface area contributed by atoms with Gasteiger partial charge in [0.15, 0.2) is 12.1 Å². The van der Waals surface area contributed by atoms with Crippen LogP contribution in [0.5, 0.6) is 0 Å². The lowest BCUT2D eigenvalue weighted by Gasteiger charge is -2.42. The molecule has 3 rings (SSSR count). The highest BCUT2D eigenvalue weighted by Crippen LogP contribution is 2.44. The first-order valence-electron chi connectivity index (χ1n) is 9.79. The van der Waals surface area contributed by atoms with Crippen molar-refractivity contribution < 1.29 is 14.7 Å². The molecular weight excluding hydrogens is 330 g/mol. The van der Waals surface area contributed by atoms with E-state index in [4.69, 9.17) is 0 Å². The molecule has 2 heterocycles. The van der Waals surface area contributed by atoms with Crippen LogP contribution in [-0.4, -0.2) is 57.1 Å². The summed E-state index contributed by atoms with van der Waals surface area (Å²) in [5.41, 5.74) is -0.313. The van der Waals surface area contributed by atoms with Gasteiger partial charge in [-0.2, -0.15) is 0 Å². The van der Waals surface area contributed by atoms with Crippen molar-refractivity contribution in [3.05, 3.63) is 24.0 Å². The Morgan fingerprint density at radius 3 is 2.65 bits per heavy atom. The Bertz CT molecular complexity index is 639. The van der Waals surface area contributed by atoms with Crippen molar-refractivity contribution in [2.24, 2.45) is 11.8 Å². The van der Waals surface area contributed by atoms with Gasteiger partial charge in [-0.05, 0) is 37.9 Å². The van der Waals surface area contributed by atoms with Crippen LogP contribution in [0.25, 0.3) is 0 Å². The zero-order valence-electron chi connectivity index (χ0n) is 16.1. The molecule has 1 aliphatic carbocycles. The van der Waals surface area contributed by atoms with Gasteiger partial charge in [-0.1, -0.05) is 45.4 Å². The molecule has 1 amide bonds. The molecule has 1 saturated heterocycles. The lowest BCUT2D eigenvalue weighted by Crippen LogP contribution is -2.54.